The molecule has 0 saturated carbocycles. The molecule has 0 radical (unpaired) electrons. The highest BCUT2D eigenvalue weighted by atomic mass is 16.5. The summed E-state index contributed by atoms with van der Waals surface area (Å²) in [5.41, 5.74) is 5.22. The number of hydrogen-bond donors (Lipinski definition) is 2. The van der Waals surface area contributed by atoms with E-state index < -0.39 is 17.9 Å². The van der Waals surface area contributed by atoms with E-state index in [4.69, 9.17) is 9.47 Å². The third-order valence-corrected chi connectivity index (χ3v) is 6.69. The second-order valence-corrected chi connectivity index (χ2v) is 9.03. The second-order valence-electron chi connectivity index (χ2n) is 9.03. The minimum atomic E-state index is -0.820. The van der Waals surface area contributed by atoms with Gasteiger partial charge in [-0.1, -0.05) is 61.5 Å². The standard InChI is InChI=1S/C29H28N2O4/c1-18-16-24-26(28(32)25(18)29(33)34-2)27(31-23-11-7-6-10-22(23)30-24)20-12-14-21(15-13-20)35-17-19-8-4-3-5-9-19/h3-15,18,25,27,30-31H,16-17H2,1-2H3/t18-,25+,27+/m0/s1. The van der Waals surface area contributed by atoms with Crippen LogP contribution in [-0.2, 0) is 20.9 Å². The fourth-order valence-corrected chi connectivity index (χ4v) is 4.88. The summed E-state index contributed by atoms with van der Waals surface area (Å²) in [6, 6.07) is 25.2. The molecule has 5 rings (SSSR count). The second kappa shape index (κ2) is 9.66. The van der Waals surface area contributed by atoms with E-state index >= 15 is 0 Å². The number of Topliss-reactive ketones (excluding diaryl/α,β-unsaturated/α-hetero) is 1. The lowest BCUT2D eigenvalue weighted by Crippen LogP contribution is -2.39. The Morgan fingerprint density at radius 1 is 0.943 bits per heavy atom. The molecule has 1 aliphatic heterocycles. The first-order valence-electron chi connectivity index (χ1n) is 11.8. The molecule has 0 aromatic heterocycles. The van der Waals surface area contributed by atoms with Crippen LogP contribution >= 0.6 is 0 Å². The molecule has 178 valence electrons. The fraction of sp³-hybridized carbons (Fsp3) is 0.241. The molecule has 3 aromatic carbocycles. The van der Waals surface area contributed by atoms with Crippen LogP contribution in [0.4, 0.5) is 11.4 Å². The number of ether oxygens (including phenoxy) is 2. The number of benzene rings is 3. The lowest BCUT2D eigenvalue weighted by molar-refractivity contribution is -0.151. The van der Waals surface area contributed by atoms with Crippen LogP contribution in [0.2, 0.25) is 0 Å². The monoisotopic (exact) mass is 468 g/mol. The Bertz CT molecular complexity index is 1270. The summed E-state index contributed by atoms with van der Waals surface area (Å²) in [6.45, 7) is 2.40. The molecule has 2 N–H and O–H groups in total. The molecule has 0 fully saturated rings. The molecular weight excluding hydrogens is 440 g/mol. The predicted octanol–water partition coefficient (Wildman–Crippen LogP) is 5.50. The third kappa shape index (κ3) is 4.52. The molecule has 1 heterocycles. The molecule has 1 aliphatic carbocycles. The average Bonchev–Trinajstić information content (AvgIpc) is 3.05. The van der Waals surface area contributed by atoms with Crippen LogP contribution in [0.1, 0.15) is 30.5 Å². The van der Waals surface area contributed by atoms with Gasteiger partial charge < -0.3 is 20.1 Å². The first-order valence-corrected chi connectivity index (χ1v) is 11.8. The van der Waals surface area contributed by atoms with E-state index in [1.54, 1.807) is 0 Å². The number of esters is 1. The van der Waals surface area contributed by atoms with Crippen LogP contribution in [0, 0.1) is 11.8 Å². The molecule has 0 unspecified atom stereocenters. The summed E-state index contributed by atoms with van der Waals surface area (Å²) < 4.78 is 10.9. The van der Waals surface area contributed by atoms with E-state index in [0.29, 0.717) is 18.6 Å². The van der Waals surface area contributed by atoms with E-state index in [-0.39, 0.29) is 11.7 Å². The Morgan fingerprint density at radius 2 is 1.63 bits per heavy atom. The molecule has 3 atom stereocenters. The zero-order chi connectivity index (χ0) is 24.4. The zero-order valence-corrected chi connectivity index (χ0v) is 19.8. The molecule has 35 heavy (non-hydrogen) atoms. The topological polar surface area (TPSA) is 76.7 Å². The van der Waals surface area contributed by atoms with Crippen LogP contribution < -0.4 is 15.4 Å². The molecule has 0 spiro atoms. The van der Waals surface area contributed by atoms with Crippen molar-refractivity contribution in [2.75, 3.05) is 17.7 Å². The van der Waals surface area contributed by atoms with E-state index in [9.17, 15) is 9.59 Å². The van der Waals surface area contributed by atoms with Gasteiger partial charge in [-0.25, -0.2) is 0 Å². The van der Waals surface area contributed by atoms with E-state index in [0.717, 1.165) is 33.9 Å². The summed E-state index contributed by atoms with van der Waals surface area (Å²) in [5.74, 6) is -0.928. The molecule has 2 aliphatic rings. The van der Waals surface area contributed by atoms with Gasteiger partial charge in [0, 0.05) is 11.3 Å². The first kappa shape index (κ1) is 22.7. The minimum Gasteiger partial charge on any atom is -0.489 e. The van der Waals surface area contributed by atoms with Crippen LogP contribution in [-0.4, -0.2) is 18.9 Å². The summed E-state index contributed by atoms with van der Waals surface area (Å²) in [4.78, 5) is 26.2. The van der Waals surface area contributed by atoms with Crippen molar-refractivity contribution in [1.82, 2.24) is 0 Å². The van der Waals surface area contributed by atoms with Crippen LogP contribution in [0.25, 0.3) is 0 Å². The Hall–Kier alpha value is -4.06. The summed E-state index contributed by atoms with van der Waals surface area (Å²) in [6.07, 6.45) is 0.575. The summed E-state index contributed by atoms with van der Waals surface area (Å²) >= 11 is 0. The molecule has 3 aromatic rings. The average molecular weight is 469 g/mol. The Kier molecular flexibility index (Phi) is 6.27. The first-order chi connectivity index (χ1) is 17.0. The number of rotatable bonds is 5. The summed E-state index contributed by atoms with van der Waals surface area (Å²) in [7, 11) is 1.33. The number of ketones is 1. The van der Waals surface area contributed by atoms with Gasteiger partial charge >= 0.3 is 5.97 Å². The number of allylic oxidation sites excluding steroid dienone is 1. The third-order valence-electron chi connectivity index (χ3n) is 6.69. The van der Waals surface area contributed by atoms with Gasteiger partial charge in [0.2, 0.25) is 0 Å². The van der Waals surface area contributed by atoms with Gasteiger partial charge in [-0.3, -0.25) is 9.59 Å². The molecule has 0 saturated heterocycles. The van der Waals surface area contributed by atoms with Crippen molar-refractivity contribution < 1.29 is 19.1 Å². The van der Waals surface area contributed by atoms with Gasteiger partial charge in [-0.15, -0.1) is 0 Å². The van der Waals surface area contributed by atoms with Crippen LogP contribution in [0.15, 0.2) is 90.1 Å². The van der Waals surface area contributed by atoms with Gasteiger partial charge in [0.1, 0.15) is 18.3 Å². The van der Waals surface area contributed by atoms with E-state index in [1.807, 2.05) is 85.8 Å². The quantitative estimate of drug-likeness (QED) is 0.381. The van der Waals surface area contributed by atoms with Gasteiger partial charge in [0.25, 0.3) is 0 Å². The molecular formula is C29H28N2O4. The number of carbonyl (C=O) groups is 2. The fourth-order valence-electron chi connectivity index (χ4n) is 4.88. The number of nitrogens with one attached hydrogen (secondary N) is 2. The molecule has 0 bridgehead atoms. The maximum atomic E-state index is 13.7. The van der Waals surface area contributed by atoms with Gasteiger partial charge in [-0.05, 0) is 47.7 Å². The molecule has 0 amide bonds. The zero-order valence-electron chi connectivity index (χ0n) is 19.8. The Morgan fingerprint density at radius 3 is 2.34 bits per heavy atom. The van der Waals surface area contributed by atoms with E-state index in [2.05, 4.69) is 10.6 Å². The molecule has 6 heteroatoms. The minimum absolute atomic E-state index is 0.166. The van der Waals surface area contributed by atoms with Crippen molar-refractivity contribution in [1.29, 1.82) is 0 Å². The number of fused-ring (bicyclic) bond motifs is 1. The Labute approximate surface area is 205 Å². The highest BCUT2D eigenvalue weighted by molar-refractivity contribution is 6.11. The van der Waals surface area contributed by atoms with Crippen LogP contribution in [0.5, 0.6) is 5.75 Å². The number of anilines is 2. The van der Waals surface area contributed by atoms with Crippen molar-refractivity contribution in [3.8, 4) is 5.75 Å². The van der Waals surface area contributed by atoms with Crippen molar-refractivity contribution in [2.45, 2.75) is 26.0 Å². The largest absolute Gasteiger partial charge is 0.489 e. The maximum Gasteiger partial charge on any atom is 0.316 e. The highest BCUT2D eigenvalue weighted by Crippen LogP contribution is 2.43. The van der Waals surface area contributed by atoms with Gasteiger partial charge in [0.15, 0.2) is 5.78 Å². The number of carbonyl (C=O) groups excluding carboxylic acids is 2. The predicted molar refractivity (Wildman–Crippen MR) is 135 cm³/mol. The van der Waals surface area contributed by atoms with Gasteiger partial charge in [0.05, 0.1) is 24.5 Å². The highest BCUT2D eigenvalue weighted by Gasteiger charge is 2.44. The smallest absolute Gasteiger partial charge is 0.316 e. The lowest BCUT2D eigenvalue weighted by atomic mass is 9.75. The normalized spacial score (nSPS) is 21.1. The maximum absolute atomic E-state index is 13.7. The Balaban J connectivity index is 1.48. The van der Waals surface area contributed by atoms with Crippen molar-refractivity contribution >= 4 is 23.1 Å². The summed E-state index contributed by atoms with van der Waals surface area (Å²) in [5, 5.41) is 7.01. The van der Waals surface area contributed by atoms with Crippen molar-refractivity contribution in [3.63, 3.8) is 0 Å². The van der Waals surface area contributed by atoms with Crippen molar-refractivity contribution in [3.05, 3.63) is 101 Å². The van der Waals surface area contributed by atoms with Crippen molar-refractivity contribution in [2.24, 2.45) is 11.8 Å². The lowest BCUT2D eigenvalue weighted by Gasteiger charge is -2.32. The number of hydrogen-bond acceptors (Lipinski definition) is 6. The van der Waals surface area contributed by atoms with Gasteiger partial charge in [-0.2, -0.15) is 0 Å². The molecule has 6 nitrogen and oxygen atoms in total. The van der Waals surface area contributed by atoms with E-state index in [1.165, 1.54) is 7.11 Å². The SMILES string of the molecule is COC(=O)[C@H]1C(=O)C2=C(C[C@@H]1C)Nc1ccccc1N[C@@H]2c1ccc(OCc2ccccc2)cc1. The number of para-hydroxylation sites is 2. The number of methoxy groups -OCH3 is 1. The van der Waals surface area contributed by atoms with Crippen LogP contribution in [0.3, 0.4) is 0 Å².